The van der Waals surface area contributed by atoms with E-state index in [2.05, 4.69) is 17.3 Å². The molecule has 2 aliphatic rings. The molecule has 0 spiro atoms. The highest BCUT2D eigenvalue weighted by Crippen LogP contribution is 2.49. The molecule has 2 aliphatic carbocycles. The van der Waals surface area contributed by atoms with Gasteiger partial charge in [-0.3, -0.25) is 9.48 Å². The summed E-state index contributed by atoms with van der Waals surface area (Å²) in [6, 6.07) is 0.285. The average Bonchev–Trinajstić information content (AvgIpc) is 3.03. The number of carbonyl (C=O) groups excluding carboxylic acids is 1. The van der Waals surface area contributed by atoms with Crippen LogP contribution in [0.4, 0.5) is 0 Å². The van der Waals surface area contributed by atoms with Gasteiger partial charge >= 0.3 is 0 Å². The van der Waals surface area contributed by atoms with Crippen LogP contribution in [-0.2, 0) is 7.05 Å². The fourth-order valence-electron chi connectivity index (χ4n) is 3.84. The molecule has 0 unspecified atom stereocenters. The van der Waals surface area contributed by atoms with Crippen molar-refractivity contribution in [3.63, 3.8) is 0 Å². The first-order valence-corrected chi connectivity index (χ1v) is 6.93. The van der Waals surface area contributed by atoms with Gasteiger partial charge in [0.25, 0.3) is 5.91 Å². The summed E-state index contributed by atoms with van der Waals surface area (Å²) in [6.45, 7) is 2.15. The fourth-order valence-corrected chi connectivity index (χ4v) is 3.84. The number of nitrogens with one attached hydrogen (secondary N) is 1. The number of carbonyl (C=O) groups is 1. The van der Waals surface area contributed by atoms with Crippen molar-refractivity contribution in [1.82, 2.24) is 15.1 Å². The summed E-state index contributed by atoms with van der Waals surface area (Å²) in [6.07, 6.45) is 8.86. The summed E-state index contributed by atoms with van der Waals surface area (Å²) in [5, 5.41) is 7.18. The van der Waals surface area contributed by atoms with E-state index in [9.17, 15) is 4.79 Å². The van der Waals surface area contributed by atoms with Crippen LogP contribution < -0.4 is 5.32 Å². The maximum atomic E-state index is 12.1. The van der Waals surface area contributed by atoms with E-state index >= 15 is 0 Å². The van der Waals surface area contributed by atoms with Crippen LogP contribution in [-0.4, -0.2) is 21.7 Å². The number of hydrogen-bond acceptors (Lipinski definition) is 2. The zero-order valence-electron chi connectivity index (χ0n) is 11.1. The first-order chi connectivity index (χ1) is 8.63. The molecule has 1 aromatic heterocycles. The quantitative estimate of drug-likeness (QED) is 0.887. The summed E-state index contributed by atoms with van der Waals surface area (Å²) >= 11 is 0. The zero-order chi connectivity index (χ0) is 12.7. The molecule has 4 atom stereocenters. The molecule has 1 heterocycles. The van der Waals surface area contributed by atoms with Crippen LogP contribution in [0, 0.1) is 17.8 Å². The lowest BCUT2D eigenvalue weighted by molar-refractivity contribution is 0.0915. The van der Waals surface area contributed by atoms with Crippen molar-refractivity contribution in [2.24, 2.45) is 24.8 Å². The summed E-state index contributed by atoms with van der Waals surface area (Å²) < 4.78 is 1.66. The van der Waals surface area contributed by atoms with Gasteiger partial charge in [-0.15, -0.1) is 0 Å². The minimum atomic E-state index is 0.0124. The Bertz CT molecular complexity index is 454. The fraction of sp³-hybridized carbons (Fsp3) is 0.714. The second-order valence-corrected chi connectivity index (χ2v) is 6.00. The average molecular weight is 247 g/mol. The van der Waals surface area contributed by atoms with Gasteiger partial charge in [-0.1, -0.05) is 6.42 Å². The normalized spacial score (nSPS) is 31.6. The van der Waals surface area contributed by atoms with E-state index < -0.39 is 0 Å². The Labute approximate surface area is 108 Å². The highest BCUT2D eigenvalue weighted by atomic mass is 16.1. The predicted octanol–water partition coefficient (Wildman–Crippen LogP) is 1.97. The topological polar surface area (TPSA) is 46.9 Å². The summed E-state index contributed by atoms with van der Waals surface area (Å²) in [5.74, 6) is 2.47. The molecule has 2 bridgehead atoms. The molecule has 0 aromatic carbocycles. The van der Waals surface area contributed by atoms with Crippen LogP contribution in [0.3, 0.4) is 0 Å². The van der Waals surface area contributed by atoms with E-state index in [1.807, 2.05) is 7.05 Å². The van der Waals surface area contributed by atoms with Crippen molar-refractivity contribution < 1.29 is 4.79 Å². The van der Waals surface area contributed by atoms with Crippen LogP contribution >= 0.6 is 0 Å². The Kier molecular flexibility index (Phi) is 2.88. The third kappa shape index (κ3) is 2.04. The molecule has 1 aromatic rings. The maximum Gasteiger partial charge on any atom is 0.254 e. The molecule has 4 heteroatoms. The second-order valence-electron chi connectivity index (χ2n) is 6.00. The molecular weight excluding hydrogens is 226 g/mol. The van der Waals surface area contributed by atoms with Crippen LogP contribution in [0.2, 0.25) is 0 Å². The SMILES string of the molecule is C[C@H](NC(=O)c1cnn(C)c1)[C@H]1C[C@H]2CC[C@H]1C2. The van der Waals surface area contributed by atoms with Gasteiger partial charge in [0.15, 0.2) is 0 Å². The van der Waals surface area contributed by atoms with Gasteiger partial charge in [0.1, 0.15) is 0 Å². The van der Waals surface area contributed by atoms with Crippen molar-refractivity contribution in [2.45, 2.75) is 38.6 Å². The lowest BCUT2D eigenvalue weighted by atomic mass is 9.84. The molecule has 1 amide bonds. The molecule has 2 saturated carbocycles. The van der Waals surface area contributed by atoms with E-state index in [1.54, 1.807) is 17.1 Å². The molecule has 1 N–H and O–H groups in total. The number of aromatic nitrogens is 2. The van der Waals surface area contributed by atoms with Crippen molar-refractivity contribution in [3.05, 3.63) is 18.0 Å². The van der Waals surface area contributed by atoms with Gasteiger partial charge in [0.05, 0.1) is 11.8 Å². The number of aryl methyl sites for hydroxylation is 1. The number of fused-ring (bicyclic) bond motifs is 2. The number of hydrogen-bond donors (Lipinski definition) is 1. The Morgan fingerprint density at radius 3 is 2.89 bits per heavy atom. The van der Waals surface area contributed by atoms with E-state index in [0.29, 0.717) is 11.5 Å². The Morgan fingerprint density at radius 2 is 2.33 bits per heavy atom. The highest BCUT2D eigenvalue weighted by molar-refractivity contribution is 5.93. The predicted molar refractivity (Wildman–Crippen MR) is 69.1 cm³/mol. The number of nitrogens with zero attached hydrogens (tertiary/aromatic N) is 2. The lowest BCUT2D eigenvalue weighted by Gasteiger charge is -2.28. The third-order valence-electron chi connectivity index (χ3n) is 4.76. The van der Waals surface area contributed by atoms with Gasteiger partial charge < -0.3 is 5.32 Å². The molecule has 2 fully saturated rings. The highest BCUT2D eigenvalue weighted by Gasteiger charge is 2.42. The van der Waals surface area contributed by atoms with Crippen LogP contribution in [0.1, 0.15) is 43.0 Å². The van der Waals surface area contributed by atoms with E-state index in [1.165, 1.54) is 25.7 Å². The Hall–Kier alpha value is -1.32. The van der Waals surface area contributed by atoms with Gasteiger partial charge in [0.2, 0.25) is 0 Å². The van der Waals surface area contributed by atoms with Gasteiger partial charge in [0, 0.05) is 19.3 Å². The summed E-state index contributed by atoms with van der Waals surface area (Å²) in [5.41, 5.74) is 0.660. The monoisotopic (exact) mass is 247 g/mol. The van der Waals surface area contributed by atoms with Gasteiger partial charge in [-0.2, -0.15) is 5.10 Å². The van der Waals surface area contributed by atoms with E-state index in [0.717, 1.165) is 11.8 Å². The lowest BCUT2D eigenvalue weighted by Crippen LogP contribution is -2.40. The number of rotatable bonds is 3. The maximum absolute atomic E-state index is 12.1. The molecular formula is C14H21N3O. The first-order valence-electron chi connectivity index (χ1n) is 6.93. The van der Waals surface area contributed by atoms with Gasteiger partial charge in [-0.25, -0.2) is 0 Å². The molecule has 4 nitrogen and oxygen atoms in total. The standard InChI is InChI=1S/C14H21N3O/c1-9(13-6-10-3-4-11(13)5-10)16-14(18)12-7-15-17(2)8-12/h7-11,13H,3-6H2,1-2H3,(H,16,18)/t9-,10-,11-,13+/m0/s1. The van der Waals surface area contributed by atoms with Crippen LogP contribution in [0.25, 0.3) is 0 Å². The molecule has 18 heavy (non-hydrogen) atoms. The van der Waals surface area contributed by atoms with E-state index in [-0.39, 0.29) is 11.9 Å². The minimum Gasteiger partial charge on any atom is -0.349 e. The van der Waals surface area contributed by atoms with Crippen molar-refractivity contribution >= 4 is 5.91 Å². The smallest absolute Gasteiger partial charge is 0.254 e. The first kappa shape index (κ1) is 11.8. The van der Waals surface area contributed by atoms with Crippen LogP contribution in [0.5, 0.6) is 0 Å². The van der Waals surface area contributed by atoms with Crippen molar-refractivity contribution in [1.29, 1.82) is 0 Å². The zero-order valence-corrected chi connectivity index (χ0v) is 11.1. The Morgan fingerprint density at radius 1 is 1.50 bits per heavy atom. The van der Waals surface area contributed by atoms with E-state index in [4.69, 9.17) is 0 Å². The molecule has 0 saturated heterocycles. The van der Waals surface area contributed by atoms with Gasteiger partial charge in [-0.05, 0) is 43.9 Å². The van der Waals surface area contributed by atoms with Crippen molar-refractivity contribution in [3.8, 4) is 0 Å². The molecule has 0 aliphatic heterocycles. The summed E-state index contributed by atoms with van der Waals surface area (Å²) in [4.78, 5) is 12.1. The second kappa shape index (κ2) is 4.41. The van der Waals surface area contributed by atoms with Crippen LogP contribution in [0.15, 0.2) is 12.4 Å². The third-order valence-corrected chi connectivity index (χ3v) is 4.76. The summed E-state index contributed by atoms with van der Waals surface area (Å²) in [7, 11) is 1.83. The molecule has 0 radical (unpaired) electrons. The minimum absolute atomic E-state index is 0.0124. The number of amides is 1. The Balaban J connectivity index is 1.61. The largest absolute Gasteiger partial charge is 0.349 e. The molecule has 3 rings (SSSR count). The van der Waals surface area contributed by atoms with Crippen molar-refractivity contribution in [2.75, 3.05) is 0 Å². The molecule has 98 valence electrons.